The summed E-state index contributed by atoms with van der Waals surface area (Å²) in [5, 5.41) is 2.76. The highest BCUT2D eigenvalue weighted by Gasteiger charge is 2.11. The number of primary amides is 1. The van der Waals surface area contributed by atoms with Crippen molar-refractivity contribution in [2.24, 2.45) is 5.73 Å². The van der Waals surface area contributed by atoms with Crippen LogP contribution in [0.2, 0.25) is 0 Å². The minimum atomic E-state index is -0.662. The van der Waals surface area contributed by atoms with Crippen molar-refractivity contribution in [1.29, 1.82) is 0 Å². The molecule has 2 aromatic rings. The first-order valence-electron chi connectivity index (χ1n) is 9.17. The van der Waals surface area contributed by atoms with Gasteiger partial charge in [-0.05, 0) is 36.3 Å². The van der Waals surface area contributed by atoms with Crippen LogP contribution in [0.25, 0.3) is 6.08 Å². The fourth-order valence-electron chi connectivity index (χ4n) is 2.51. The van der Waals surface area contributed by atoms with E-state index in [1.54, 1.807) is 18.2 Å². The minimum Gasteiger partial charge on any atom is -0.493 e. The molecule has 0 heterocycles. The standard InChI is InChI=1S/C22H24N2O6/c1-15(17-6-4-3-5-7-17)24-21(26)14-30-22(27)11-9-16-8-10-18(19(12-16)28-2)29-13-20(23)25/h3-12,15H,13-14H2,1-2H3,(H2,23,25)(H,24,26)/b11-9+. The number of nitrogens with one attached hydrogen (secondary N) is 1. The highest BCUT2D eigenvalue weighted by atomic mass is 16.5. The van der Waals surface area contributed by atoms with Crippen molar-refractivity contribution in [3.63, 3.8) is 0 Å². The molecule has 0 aliphatic carbocycles. The fourth-order valence-corrected chi connectivity index (χ4v) is 2.51. The van der Waals surface area contributed by atoms with E-state index >= 15 is 0 Å². The number of nitrogens with two attached hydrogens (primary N) is 1. The van der Waals surface area contributed by atoms with Gasteiger partial charge in [0, 0.05) is 6.08 Å². The number of hydrogen-bond donors (Lipinski definition) is 2. The molecular weight excluding hydrogens is 388 g/mol. The van der Waals surface area contributed by atoms with E-state index in [2.05, 4.69) is 5.32 Å². The van der Waals surface area contributed by atoms with Crippen LogP contribution in [0.4, 0.5) is 0 Å². The molecule has 0 radical (unpaired) electrons. The molecule has 0 spiro atoms. The second-order valence-corrected chi connectivity index (χ2v) is 6.31. The van der Waals surface area contributed by atoms with Crippen molar-refractivity contribution in [1.82, 2.24) is 5.32 Å². The molecule has 0 saturated carbocycles. The van der Waals surface area contributed by atoms with E-state index < -0.39 is 17.8 Å². The third kappa shape index (κ3) is 7.31. The second kappa shape index (κ2) is 11.3. The van der Waals surface area contributed by atoms with Gasteiger partial charge in [0.1, 0.15) is 0 Å². The van der Waals surface area contributed by atoms with Crippen molar-refractivity contribution in [3.05, 3.63) is 65.7 Å². The Hall–Kier alpha value is -3.81. The lowest BCUT2D eigenvalue weighted by molar-refractivity contribution is -0.144. The number of hydrogen-bond acceptors (Lipinski definition) is 6. The molecule has 8 nitrogen and oxygen atoms in total. The van der Waals surface area contributed by atoms with Gasteiger partial charge < -0.3 is 25.3 Å². The summed E-state index contributed by atoms with van der Waals surface area (Å²) in [6.07, 6.45) is 2.71. The molecule has 158 valence electrons. The zero-order valence-electron chi connectivity index (χ0n) is 16.8. The van der Waals surface area contributed by atoms with Gasteiger partial charge in [-0.25, -0.2) is 4.79 Å². The summed E-state index contributed by atoms with van der Waals surface area (Å²) < 4.78 is 15.4. The van der Waals surface area contributed by atoms with Gasteiger partial charge in [-0.3, -0.25) is 9.59 Å². The van der Waals surface area contributed by atoms with E-state index in [-0.39, 0.29) is 19.3 Å². The van der Waals surface area contributed by atoms with Gasteiger partial charge in [0.15, 0.2) is 24.7 Å². The van der Waals surface area contributed by atoms with Gasteiger partial charge in [0.05, 0.1) is 13.2 Å². The van der Waals surface area contributed by atoms with Crippen LogP contribution in [0, 0.1) is 0 Å². The largest absolute Gasteiger partial charge is 0.493 e. The first kappa shape index (κ1) is 22.5. The van der Waals surface area contributed by atoms with E-state index in [4.69, 9.17) is 19.9 Å². The number of esters is 1. The maximum absolute atomic E-state index is 12.0. The van der Waals surface area contributed by atoms with Crippen LogP contribution in [0.15, 0.2) is 54.6 Å². The number of amides is 2. The molecule has 1 unspecified atom stereocenters. The summed E-state index contributed by atoms with van der Waals surface area (Å²) >= 11 is 0. The second-order valence-electron chi connectivity index (χ2n) is 6.31. The Morgan fingerprint density at radius 2 is 1.80 bits per heavy atom. The summed E-state index contributed by atoms with van der Waals surface area (Å²) in [6, 6.07) is 14.1. The Balaban J connectivity index is 1.85. The first-order chi connectivity index (χ1) is 14.4. The Morgan fingerprint density at radius 3 is 2.47 bits per heavy atom. The smallest absolute Gasteiger partial charge is 0.331 e. The Morgan fingerprint density at radius 1 is 1.07 bits per heavy atom. The third-order valence-electron chi connectivity index (χ3n) is 3.99. The maximum Gasteiger partial charge on any atom is 0.331 e. The van der Waals surface area contributed by atoms with Crippen LogP contribution in [0.5, 0.6) is 11.5 Å². The maximum atomic E-state index is 12.0. The van der Waals surface area contributed by atoms with Crippen LogP contribution in [0.3, 0.4) is 0 Å². The van der Waals surface area contributed by atoms with Crippen LogP contribution in [-0.4, -0.2) is 38.1 Å². The lowest BCUT2D eigenvalue weighted by Gasteiger charge is -2.14. The van der Waals surface area contributed by atoms with E-state index in [0.717, 1.165) is 5.56 Å². The quantitative estimate of drug-likeness (QED) is 0.455. The van der Waals surface area contributed by atoms with Crippen molar-refractivity contribution in [2.75, 3.05) is 20.3 Å². The lowest BCUT2D eigenvalue weighted by Crippen LogP contribution is -2.30. The van der Waals surface area contributed by atoms with E-state index in [1.165, 1.54) is 19.3 Å². The lowest BCUT2D eigenvalue weighted by atomic mass is 10.1. The average molecular weight is 412 g/mol. The third-order valence-corrected chi connectivity index (χ3v) is 3.99. The van der Waals surface area contributed by atoms with Gasteiger partial charge >= 0.3 is 5.97 Å². The van der Waals surface area contributed by atoms with Crippen LogP contribution in [-0.2, 0) is 19.1 Å². The summed E-state index contributed by atoms with van der Waals surface area (Å²) in [5.41, 5.74) is 6.64. The Bertz CT molecular complexity index is 911. The molecule has 8 heteroatoms. The fraction of sp³-hybridized carbons (Fsp3) is 0.227. The van der Waals surface area contributed by atoms with Gasteiger partial charge in [0.2, 0.25) is 0 Å². The molecule has 0 bridgehead atoms. The number of carbonyl (C=O) groups excluding carboxylic acids is 3. The molecule has 3 N–H and O–H groups in total. The monoisotopic (exact) mass is 412 g/mol. The van der Waals surface area contributed by atoms with Gasteiger partial charge in [-0.15, -0.1) is 0 Å². The predicted molar refractivity (Wildman–Crippen MR) is 111 cm³/mol. The molecule has 2 amide bonds. The van der Waals surface area contributed by atoms with Gasteiger partial charge in [-0.2, -0.15) is 0 Å². The molecule has 2 aromatic carbocycles. The molecular formula is C22H24N2O6. The van der Waals surface area contributed by atoms with Crippen LogP contribution in [0.1, 0.15) is 24.1 Å². The molecule has 0 saturated heterocycles. The van der Waals surface area contributed by atoms with Crippen molar-refractivity contribution in [3.8, 4) is 11.5 Å². The van der Waals surface area contributed by atoms with E-state index in [1.807, 2.05) is 37.3 Å². The van der Waals surface area contributed by atoms with E-state index in [9.17, 15) is 14.4 Å². The molecule has 0 aromatic heterocycles. The van der Waals surface area contributed by atoms with Crippen molar-refractivity contribution < 1.29 is 28.6 Å². The molecule has 1 atom stereocenters. The number of benzene rings is 2. The average Bonchev–Trinajstić information content (AvgIpc) is 2.75. The van der Waals surface area contributed by atoms with Crippen molar-refractivity contribution in [2.45, 2.75) is 13.0 Å². The summed E-state index contributed by atoms with van der Waals surface area (Å²) in [4.78, 5) is 34.7. The van der Waals surface area contributed by atoms with Crippen LogP contribution < -0.4 is 20.5 Å². The molecule has 0 aliphatic heterocycles. The molecule has 0 aliphatic rings. The van der Waals surface area contributed by atoms with Gasteiger partial charge in [-0.1, -0.05) is 36.4 Å². The van der Waals surface area contributed by atoms with Crippen LogP contribution >= 0.6 is 0 Å². The first-order valence-corrected chi connectivity index (χ1v) is 9.17. The van der Waals surface area contributed by atoms with Gasteiger partial charge in [0.25, 0.3) is 11.8 Å². The minimum absolute atomic E-state index is 0.198. The zero-order chi connectivity index (χ0) is 21.9. The van der Waals surface area contributed by atoms with Crippen molar-refractivity contribution >= 4 is 23.9 Å². The summed E-state index contributed by atoms with van der Waals surface area (Å²) in [7, 11) is 1.45. The summed E-state index contributed by atoms with van der Waals surface area (Å²) in [5.74, 6) is -0.941. The summed E-state index contributed by atoms with van der Waals surface area (Å²) in [6.45, 7) is 1.19. The SMILES string of the molecule is COc1cc(/C=C/C(=O)OCC(=O)NC(C)c2ccccc2)ccc1OCC(N)=O. The Kier molecular flexibility index (Phi) is 8.43. The molecule has 2 rings (SSSR count). The highest BCUT2D eigenvalue weighted by Crippen LogP contribution is 2.28. The van der Waals surface area contributed by atoms with E-state index in [0.29, 0.717) is 17.1 Å². The molecule has 30 heavy (non-hydrogen) atoms. The normalized spacial score (nSPS) is 11.5. The molecule has 0 fully saturated rings. The zero-order valence-corrected chi connectivity index (χ0v) is 16.8. The highest BCUT2D eigenvalue weighted by molar-refractivity contribution is 5.89. The number of methoxy groups -OCH3 is 1. The Labute approximate surface area is 174 Å². The number of rotatable bonds is 10. The topological polar surface area (TPSA) is 117 Å². The predicted octanol–water partition coefficient (Wildman–Crippen LogP) is 1.99. The number of ether oxygens (including phenoxy) is 3. The number of carbonyl (C=O) groups is 3.